The lowest BCUT2D eigenvalue weighted by atomic mass is 9.71. The number of aryl methyl sites for hydroxylation is 1. The molecule has 0 fully saturated rings. The van der Waals surface area contributed by atoms with E-state index < -0.39 is 5.92 Å². The number of carbonyl (C=O) groups excluding carboxylic acids is 2. The van der Waals surface area contributed by atoms with Gasteiger partial charge in [0.05, 0.1) is 7.11 Å². The molecule has 0 bridgehead atoms. The molecule has 1 aromatic rings. The summed E-state index contributed by atoms with van der Waals surface area (Å²) in [6.45, 7) is 6.05. The van der Waals surface area contributed by atoms with Crippen LogP contribution in [0.2, 0.25) is 0 Å². The topological polar surface area (TPSA) is 65.0 Å². The maximum atomic E-state index is 12.8. The molecule has 3 aliphatic rings. The Morgan fingerprint density at radius 1 is 1.25 bits per heavy atom. The SMILES string of the molecule is COC(=O)C1C(C)=NC2=C(C(=O)CCC2)[C@H]1c1ccc2c(c1)CCC(C)(C)O2. The van der Waals surface area contributed by atoms with Gasteiger partial charge in [0.2, 0.25) is 0 Å². The van der Waals surface area contributed by atoms with E-state index in [1.807, 2.05) is 19.1 Å². The third kappa shape index (κ3) is 3.17. The van der Waals surface area contributed by atoms with E-state index in [1.54, 1.807) is 0 Å². The first-order valence-corrected chi connectivity index (χ1v) is 10.0. The van der Waals surface area contributed by atoms with Crippen molar-refractivity contribution in [2.75, 3.05) is 7.11 Å². The minimum absolute atomic E-state index is 0.103. The summed E-state index contributed by atoms with van der Waals surface area (Å²) in [6, 6.07) is 6.08. The number of aliphatic imine (C=N–C) groups is 1. The maximum Gasteiger partial charge on any atom is 0.315 e. The van der Waals surface area contributed by atoms with Gasteiger partial charge >= 0.3 is 5.97 Å². The molecule has 0 saturated heterocycles. The quantitative estimate of drug-likeness (QED) is 0.722. The smallest absolute Gasteiger partial charge is 0.315 e. The average Bonchev–Trinajstić information content (AvgIpc) is 2.65. The number of benzene rings is 1. The van der Waals surface area contributed by atoms with E-state index in [1.165, 1.54) is 7.11 Å². The second-order valence-electron chi connectivity index (χ2n) is 8.60. The van der Waals surface area contributed by atoms with Crippen LogP contribution < -0.4 is 4.74 Å². The van der Waals surface area contributed by atoms with Gasteiger partial charge in [-0.2, -0.15) is 0 Å². The van der Waals surface area contributed by atoms with Crippen LogP contribution in [0.3, 0.4) is 0 Å². The Balaban J connectivity index is 1.82. The lowest BCUT2D eigenvalue weighted by molar-refractivity contribution is -0.143. The lowest BCUT2D eigenvalue weighted by Crippen LogP contribution is -2.37. The average molecular weight is 381 g/mol. The molecule has 5 heteroatoms. The number of hydrogen-bond acceptors (Lipinski definition) is 5. The summed E-state index contributed by atoms with van der Waals surface area (Å²) < 4.78 is 11.2. The van der Waals surface area contributed by atoms with Gasteiger partial charge in [0.15, 0.2) is 5.78 Å². The highest BCUT2D eigenvalue weighted by Crippen LogP contribution is 2.45. The molecule has 0 aromatic heterocycles. The number of ketones is 1. The van der Waals surface area contributed by atoms with E-state index in [2.05, 4.69) is 24.9 Å². The second-order valence-corrected chi connectivity index (χ2v) is 8.60. The largest absolute Gasteiger partial charge is 0.488 e. The van der Waals surface area contributed by atoms with Crippen LogP contribution in [0.15, 0.2) is 34.5 Å². The van der Waals surface area contributed by atoms with Crippen molar-refractivity contribution in [3.63, 3.8) is 0 Å². The van der Waals surface area contributed by atoms with E-state index in [4.69, 9.17) is 9.47 Å². The summed E-state index contributed by atoms with van der Waals surface area (Å²) in [7, 11) is 1.39. The van der Waals surface area contributed by atoms with Crippen LogP contribution >= 0.6 is 0 Å². The van der Waals surface area contributed by atoms with Gasteiger partial charge in [0.1, 0.15) is 17.3 Å². The highest BCUT2D eigenvalue weighted by atomic mass is 16.5. The van der Waals surface area contributed by atoms with Crippen LogP contribution in [0, 0.1) is 5.92 Å². The number of carbonyl (C=O) groups is 2. The molecule has 5 nitrogen and oxygen atoms in total. The van der Waals surface area contributed by atoms with Crippen molar-refractivity contribution in [3.05, 3.63) is 40.6 Å². The molecule has 1 aromatic carbocycles. The zero-order valence-electron chi connectivity index (χ0n) is 17.0. The van der Waals surface area contributed by atoms with Gasteiger partial charge in [-0.3, -0.25) is 14.6 Å². The number of ether oxygens (including phenoxy) is 2. The number of rotatable bonds is 2. The molecule has 28 heavy (non-hydrogen) atoms. The van der Waals surface area contributed by atoms with Gasteiger partial charge in [0, 0.05) is 29.3 Å². The van der Waals surface area contributed by atoms with Gasteiger partial charge in [-0.15, -0.1) is 0 Å². The number of nitrogens with zero attached hydrogens (tertiary/aromatic N) is 1. The third-order valence-electron chi connectivity index (χ3n) is 6.12. The van der Waals surface area contributed by atoms with E-state index in [0.29, 0.717) is 12.0 Å². The van der Waals surface area contributed by atoms with Crippen LogP contribution in [-0.2, 0) is 20.7 Å². The molecule has 0 saturated carbocycles. The summed E-state index contributed by atoms with van der Waals surface area (Å²) in [6.07, 6.45) is 3.96. The number of Topliss-reactive ketones (excluding diaryl/α,β-unsaturated/α-hetero) is 1. The summed E-state index contributed by atoms with van der Waals surface area (Å²) in [5, 5.41) is 0. The van der Waals surface area contributed by atoms with Gasteiger partial charge in [-0.25, -0.2) is 0 Å². The fourth-order valence-electron chi connectivity index (χ4n) is 4.67. The number of hydrogen-bond donors (Lipinski definition) is 0. The van der Waals surface area contributed by atoms with Crippen LogP contribution in [0.4, 0.5) is 0 Å². The minimum Gasteiger partial charge on any atom is -0.488 e. The first-order valence-electron chi connectivity index (χ1n) is 10.0. The number of esters is 1. The van der Waals surface area contributed by atoms with Crippen molar-refractivity contribution < 1.29 is 19.1 Å². The molecule has 1 unspecified atom stereocenters. The Bertz CT molecular complexity index is 909. The van der Waals surface area contributed by atoms with Crippen LogP contribution in [0.1, 0.15) is 63.5 Å². The predicted molar refractivity (Wildman–Crippen MR) is 107 cm³/mol. The van der Waals surface area contributed by atoms with E-state index in [9.17, 15) is 9.59 Å². The number of fused-ring (bicyclic) bond motifs is 1. The summed E-state index contributed by atoms with van der Waals surface area (Å²) in [5.74, 6) is -0.254. The summed E-state index contributed by atoms with van der Waals surface area (Å²) in [4.78, 5) is 30.1. The van der Waals surface area contributed by atoms with Crippen molar-refractivity contribution in [1.82, 2.24) is 0 Å². The van der Waals surface area contributed by atoms with Crippen LogP contribution in [0.5, 0.6) is 5.75 Å². The summed E-state index contributed by atoms with van der Waals surface area (Å²) in [5.41, 5.74) is 4.19. The van der Waals surface area contributed by atoms with Gasteiger partial charge in [-0.1, -0.05) is 12.1 Å². The molecule has 1 aliphatic carbocycles. The first-order chi connectivity index (χ1) is 13.3. The van der Waals surface area contributed by atoms with Gasteiger partial charge in [0.25, 0.3) is 0 Å². The number of allylic oxidation sites excluding steroid dienone is 2. The standard InChI is InChI=1S/C23H27NO4/c1-13-19(22(26)27-4)20(21-16(24-13)6-5-7-17(21)25)15-8-9-18-14(12-15)10-11-23(2,3)28-18/h8-9,12,19-20H,5-7,10-11H2,1-4H3/t19?,20-/m0/s1. The van der Waals surface area contributed by atoms with E-state index in [-0.39, 0.29) is 23.3 Å². The van der Waals surface area contributed by atoms with Gasteiger partial charge in [-0.05, 0) is 63.6 Å². The molecule has 0 amide bonds. The predicted octanol–water partition coefficient (Wildman–Crippen LogP) is 4.14. The Kier molecular flexibility index (Phi) is 4.64. The Morgan fingerprint density at radius 2 is 2.04 bits per heavy atom. The molecule has 0 spiro atoms. The van der Waals surface area contributed by atoms with Crippen molar-refractivity contribution in [2.24, 2.45) is 10.9 Å². The van der Waals surface area contributed by atoms with Crippen LogP contribution in [0.25, 0.3) is 0 Å². The molecule has 2 heterocycles. The fourth-order valence-corrected chi connectivity index (χ4v) is 4.67. The lowest BCUT2D eigenvalue weighted by Gasteiger charge is -2.36. The van der Waals surface area contributed by atoms with Crippen molar-refractivity contribution >= 4 is 17.5 Å². The molecule has 2 aliphatic heterocycles. The maximum absolute atomic E-state index is 12.8. The molecular formula is C23H27NO4. The molecule has 148 valence electrons. The first kappa shape index (κ1) is 18.9. The second kappa shape index (κ2) is 6.87. The molecular weight excluding hydrogens is 354 g/mol. The fraction of sp³-hybridized carbons (Fsp3) is 0.522. The third-order valence-corrected chi connectivity index (χ3v) is 6.12. The monoisotopic (exact) mass is 381 g/mol. The Labute approximate surface area is 165 Å². The molecule has 2 atom stereocenters. The Hall–Kier alpha value is -2.43. The highest BCUT2D eigenvalue weighted by Gasteiger charge is 2.43. The van der Waals surface area contributed by atoms with E-state index >= 15 is 0 Å². The molecule has 0 N–H and O–H groups in total. The normalized spacial score (nSPS) is 26.0. The zero-order chi connectivity index (χ0) is 20.1. The van der Waals surface area contributed by atoms with Crippen molar-refractivity contribution in [3.8, 4) is 5.75 Å². The highest BCUT2D eigenvalue weighted by molar-refractivity contribution is 6.08. The van der Waals surface area contributed by atoms with E-state index in [0.717, 1.165) is 54.0 Å². The zero-order valence-corrected chi connectivity index (χ0v) is 17.0. The van der Waals surface area contributed by atoms with Crippen molar-refractivity contribution in [1.29, 1.82) is 0 Å². The molecule has 0 radical (unpaired) electrons. The van der Waals surface area contributed by atoms with Gasteiger partial charge < -0.3 is 9.47 Å². The number of methoxy groups -OCH3 is 1. The summed E-state index contributed by atoms with van der Waals surface area (Å²) >= 11 is 0. The van der Waals surface area contributed by atoms with Crippen molar-refractivity contribution in [2.45, 2.75) is 64.4 Å². The minimum atomic E-state index is -0.565. The molecule has 4 rings (SSSR count). The van der Waals surface area contributed by atoms with Crippen LogP contribution in [-0.4, -0.2) is 30.2 Å². The Morgan fingerprint density at radius 3 is 2.79 bits per heavy atom.